The Morgan fingerprint density at radius 2 is 2.17 bits per heavy atom. The summed E-state index contributed by atoms with van der Waals surface area (Å²) in [5.41, 5.74) is 2.97. The number of aliphatic imine (C=N–C) groups is 1. The second-order valence-electron chi connectivity index (χ2n) is 2.50. The first-order valence-corrected chi connectivity index (χ1v) is 4.07. The number of thiol groups is 1. The Bertz CT molecular complexity index is 329. The van der Waals surface area contributed by atoms with Gasteiger partial charge in [-0.1, -0.05) is 12.7 Å². The smallest absolute Gasteiger partial charge is 0.0697 e. The van der Waals surface area contributed by atoms with E-state index in [4.69, 9.17) is 0 Å². The molecule has 0 amide bonds. The van der Waals surface area contributed by atoms with Crippen LogP contribution < -0.4 is 0 Å². The van der Waals surface area contributed by atoms with Crippen molar-refractivity contribution in [2.75, 3.05) is 0 Å². The highest BCUT2D eigenvalue weighted by atomic mass is 32.1. The van der Waals surface area contributed by atoms with Crippen molar-refractivity contribution < 1.29 is 0 Å². The lowest BCUT2D eigenvalue weighted by Gasteiger charge is -2.06. The Labute approximate surface area is 78.3 Å². The van der Waals surface area contributed by atoms with Crippen LogP contribution >= 0.6 is 12.6 Å². The molecule has 12 heavy (non-hydrogen) atoms. The first-order chi connectivity index (χ1) is 5.70. The molecule has 0 N–H and O–H groups in total. The molecular weight excluding hydrogens is 166 g/mol. The molecular formula is C10H11NS. The molecule has 1 rings (SSSR count). The number of rotatable bonds is 2. The van der Waals surface area contributed by atoms with Crippen molar-refractivity contribution in [2.24, 2.45) is 4.99 Å². The van der Waals surface area contributed by atoms with Gasteiger partial charge in [0, 0.05) is 10.5 Å². The maximum absolute atomic E-state index is 4.30. The van der Waals surface area contributed by atoms with Crippen LogP contribution in [-0.2, 0) is 0 Å². The van der Waals surface area contributed by atoms with Gasteiger partial charge in [-0.25, -0.2) is 0 Å². The molecule has 0 aliphatic rings. The minimum Gasteiger partial charge on any atom is -0.264 e. The fraction of sp³-hybridized carbons (Fsp3) is 0.100. The molecule has 0 aliphatic heterocycles. The zero-order valence-corrected chi connectivity index (χ0v) is 7.94. The van der Waals surface area contributed by atoms with E-state index < -0.39 is 0 Å². The third-order valence-electron chi connectivity index (χ3n) is 1.84. The van der Waals surface area contributed by atoms with E-state index in [1.54, 1.807) is 6.08 Å². The van der Waals surface area contributed by atoms with E-state index in [1.807, 2.05) is 19.1 Å². The Balaban J connectivity index is 3.45. The van der Waals surface area contributed by atoms with Crippen LogP contribution in [0.3, 0.4) is 0 Å². The Morgan fingerprint density at radius 1 is 1.50 bits per heavy atom. The monoisotopic (exact) mass is 177 g/mol. The van der Waals surface area contributed by atoms with Crippen molar-refractivity contribution in [1.29, 1.82) is 0 Å². The number of benzene rings is 1. The zero-order valence-electron chi connectivity index (χ0n) is 7.04. The van der Waals surface area contributed by atoms with E-state index >= 15 is 0 Å². The fourth-order valence-corrected chi connectivity index (χ4v) is 1.29. The number of nitrogens with zero attached hydrogens (tertiary/aromatic N) is 1. The maximum Gasteiger partial charge on any atom is 0.0697 e. The molecule has 0 unspecified atom stereocenters. The lowest BCUT2D eigenvalue weighted by molar-refractivity contribution is 1.28. The van der Waals surface area contributed by atoms with Gasteiger partial charge < -0.3 is 0 Å². The van der Waals surface area contributed by atoms with Crippen molar-refractivity contribution in [3.63, 3.8) is 0 Å². The van der Waals surface area contributed by atoms with Gasteiger partial charge in [0.2, 0.25) is 0 Å². The van der Waals surface area contributed by atoms with E-state index in [9.17, 15) is 0 Å². The molecule has 0 saturated carbocycles. The topological polar surface area (TPSA) is 12.4 Å². The lowest BCUT2D eigenvalue weighted by atomic mass is 10.1. The summed E-state index contributed by atoms with van der Waals surface area (Å²) >= 11 is 4.30. The first-order valence-electron chi connectivity index (χ1n) is 3.62. The summed E-state index contributed by atoms with van der Waals surface area (Å²) in [5, 5.41) is 0. The largest absolute Gasteiger partial charge is 0.264 e. The molecule has 0 atom stereocenters. The van der Waals surface area contributed by atoms with Gasteiger partial charge in [0.1, 0.15) is 0 Å². The third-order valence-corrected chi connectivity index (χ3v) is 2.32. The van der Waals surface area contributed by atoms with Gasteiger partial charge in [-0.05, 0) is 31.3 Å². The Morgan fingerprint density at radius 3 is 2.67 bits per heavy atom. The van der Waals surface area contributed by atoms with Crippen LogP contribution in [0.5, 0.6) is 0 Å². The van der Waals surface area contributed by atoms with Crippen LogP contribution in [0.4, 0.5) is 5.69 Å². The second-order valence-corrected chi connectivity index (χ2v) is 2.99. The molecule has 0 radical (unpaired) electrons. The molecule has 0 fully saturated rings. The van der Waals surface area contributed by atoms with Gasteiger partial charge in [0.15, 0.2) is 0 Å². The molecule has 1 aromatic carbocycles. The van der Waals surface area contributed by atoms with Crippen LogP contribution in [-0.4, -0.2) is 6.72 Å². The van der Waals surface area contributed by atoms with E-state index in [0.29, 0.717) is 0 Å². The SMILES string of the molecule is C=Cc1c(N=C)ccc(S)c1C. The van der Waals surface area contributed by atoms with Gasteiger partial charge in [-0.2, -0.15) is 0 Å². The third kappa shape index (κ3) is 1.43. The zero-order chi connectivity index (χ0) is 9.14. The summed E-state index contributed by atoms with van der Waals surface area (Å²) in [4.78, 5) is 4.84. The average molecular weight is 177 g/mol. The molecule has 0 bridgehead atoms. The molecule has 1 aromatic rings. The van der Waals surface area contributed by atoms with Crippen LogP contribution in [0.2, 0.25) is 0 Å². The highest BCUT2D eigenvalue weighted by Crippen LogP contribution is 2.27. The number of hydrogen-bond acceptors (Lipinski definition) is 2. The van der Waals surface area contributed by atoms with Gasteiger partial charge in [0.05, 0.1) is 5.69 Å². The highest BCUT2D eigenvalue weighted by Gasteiger charge is 2.02. The van der Waals surface area contributed by atoms with Crippen molar-refractivity contribution in [1.82, 2.24) is 0 Å². The van der Waals surface area contributed by atoms with E-state index in [-0.39, 0.29) is 0 Å². The molecule has 0 aliphatic carbocycles. The van der Waals surface area contributed by atoms with Crippen molar-refractivity contribution in [3.8, 4) is 0 Å². The van der Waals surface area contributed by atoms with E-state index in [1.165, 1.54) is 0 Å². The summed E-state index contributed by atoms with van der Waals surface area (Å²) in [6.07, 6.45) is 1.78. The summed E-state index contributed by atoms with van der Waals surface area (Å²) in [7, 11) is 0. The van der Waals surface area contributed by atoms with Crippen LogP contribution in [0.15, 0.2) is 28.6 Å². The summed E-state index contributed by atoms with van der Waals surface area (Å²) in [5.74, 6) is 0. The second kappa shape index (κ2) is 3.59. The molecule has 1 nitrogen and oxygen atoms in total. The van der Waals surface area contributed by atoms with Crippen molar-refractivity contribution in [3.05, 3.63) is 29.8 Å². The van der Waals surface area contributed by atoms with E-state index in [2.05, 4.69) is 30.9 Å². The summed E-state index contributed by atoms with van der Waals surface area (Å²) in [6.45, 7) is 9.20. The normalized spacial score (nSPS) is 9.50. The van der Waals surface area contributed by atoms with Gasteiger partial charge in [-0.3, -0.25) is 4.99 Å². The quantitative estimate of drug-likeness (QED) is 0.526. The van der Waals surface area contributed by atoms with Gasteiger partial charge >= 0.3 is 0 Å². The lowest BCUT2D eigenvalue weighted by Crippen LogP contribution is -1.83. The minimum absolute atomic E-state index is 0.861. The molecule has 0 heterocycles. The standard InChI is InChI=1S/C10H11NS/c1-4-8-7(2)10(12)6-5-9(8)11-3/h4-6,12H,1,3H2,2H3. The summed E-state index contributed by atoms with van der Waals surface area (Å²) < 4.78 is 0. The Hall–Kier alpha value is -1.02. The molecule has 62 valence electrons. The van der Waals surface area contributed by atoms with Crippen LogP contribution in [0.25, 0.3) is 6.08 Å². The Kier molecular flexibility index (Phi) is 2.71. The molecule has 0 saturated heterocycles. The summed E-state index contributed by atoms with van der Waals surface area (Å²) in [6, 6.07) is 3.80. The first kappa shape index (κ1) is 9.07. The molecule has 2 heteroatoms. The molecule has 0 spiro atoms. The average Bonchev–Trinajstić information content (AvgIpc) is 2.09. The van der Waals surface area contributed by atoms with Crippen molar-refractivity contribution >= 4 is 31.1 Å². The maximum atomic E-state index is 4.30. The van der Waals surface area contributed by atoms with Gasteiger partial charge in [-0.15, -0.1) is 12.6 Å². The molecule has 0 aromatic heterocycles. The number of hydrogen-bond donors (Lipinski definition) is 1. The van der Waals surface area contributed by atoms with Crippen LogP contribution in [0, 0.1) is 6.92 Å². The predicted molar refractivity (Wildman–Crippen MR) is 57.7 cm³/mol. The van der Waals surface area contributed by atoms with E-state index in [0.717, 1.165) is 21.7 Å². The van der Waals surface area contributed by atoms with Crippen molar-refractivity contribution in [2.45, 2.75) is 11.8 Å². The minimum atomic E-state index is 0.861. The van der Waals surface area contributed by atoms with Gasteiger partial charge in [0.25, 0.3) is 0 Å². The van der Waals surface area contributed by atoms with Crippen LogP contribution in [0.1, 0.15) is 11.1 Å². The predicted octanol–water partition coefficient (Wildman–Crippen LogP) is 3.26. The highest BCUT2D eigenvalue weighted by molar-refractivity contribution is 7.80. The fourth-order valence-electron chi connectivity index (χ4n) is 1.10.